The molecule has 29 heavy (non-hydrogen) atoms. The molecule has 6 nitrogen and oxygen atoms in total. The van der Waals surface area contributed by atoms with Gasteiger partial charge < -0.3 is 11.1 Å². The Morgan fingerprint density at radius 2 is 1.62 bits per heavy atom. The lowest BCUT2D eigenvalue weighted by molar-refractivity contribution is -0.140. The summed E-state index contributed by atoms with van der Waals surface area (Å²) in [6.45, 7) is 1.85. The highest BCUT2D eigenvalue weighted by Crippen LogP contribution is 2.41. The van der Waals surface area contributed by atoms with Crippen LogP contribution in [-0.4, -0.2) is 26.3 Å². The van der Waals surface area contributed by atoms with E-state index in [0.717, 1.165) is 0 Å². The molecule has 14 heteroatoms. The number of nitrogens with zero attached hydrogens (tertiary/aromatic N) is 4. The van der Waals surface area contributed by atoms with E-state index in [1.807, 2.05) is 0 Å². The van der Waals surface area contributed by atoms with Crippen LogP contribution in [0, 0.1) is 0 Å². The first-order valence-corrected chi connectivity index (χ1v) is 8.54. The van der Waals surface area contributed by atoms with Crippen molar-refractivity contribution < 1.29 is 26.3 Å². The molecule has 156 valence electrons. The zero-order valence-electron chi connectivity index (χ0n) is 14.3. The van der Waals surface area contributed by atoms with Gasteiger partial charge in [-0.3, -0.25) is 0 Å². The molecule has 0 aliphatic heterocycles. The Hall–Kier alpha value is -2.47. The number of aromatic nitrogens is 4. The Bertz CT molecular complexity index is 1070. The summed E-state index contributed by atoms with van der Waals surface area (Å²) in [5.74, 6) is -0.930. The summed E-state index contributed by atoms with van der Waals surface area (Å²) in [6, 6.07) is 1.13. The number of halogens is 8. The number of nitrogen functional groups attached to an aromatic ring is 1. The Labute approximate surface area is 168 Å². The van der Waals surface area contributed by atoms with E-state index in [-0.39, 0.29) is 18.2 Å². The van der Waals surface area contributed by atoms with E-state index >= 15 is 0 Å². The number of alkyl halides is 6. The first-order chi connectivity index (χ1) is 13.3. The normalized spacial score (nSPS) is 12.6. The van der Waals surface area contributed by atoms with Crippen LogP contribution in [0.25, 0.3) is 16.7 Å². The van der Waals surface area contributed by atoms with Gasteiger partial charge in [-0.1, -0.05) is 23.2 Å². The van der Waals surface area contributed by atoms with Gasteiger partial charge in [0.2, 0.25) is 5.95 Å². The zero-order chi connectivity index (χ0) is 21.7. The quantitative estimate of drug-likeness (QED) is 0.528. The molecular formula is C15H10Cl2F6N6. The standard InChI is InChI=1S/C15H10Cl2F6N6/c1-2-25-13-26-10(15(21,22)23)8-11(24)29(28-12(8)27-13)9-6(16)3-5(4-7(9)17)14(18,19)20/h3-4H,2,24H2,1H3,(H,25,27,28). The summed E-state index contributed by atoms with van der Waals surface area (Å²) in [6.07, 6.45) is -9.64. The lowest BCUT2D eigenvalue weighted by Crippen LogP contribution is -2.13. The SMILES string of the molecule is CCNc1nc(C(F)(F)F)c2c(N)n(-c3c(Cl)cc(C(F)(F)F)cc3Cl)nc2n1. The van der Waals surface area contributed by atoms with Crippen LogP contribution in [0.2, 0.25) is 10.0 Å². The van der Waals surface area contributed by atoms with Gasteiger partial charge in [0.25, 0.3) is 0 Å². The third-order valence-electron chi connectivity index (χ3n) is 3.73. The summed E-state index contributed by atoms with van der Waals surface area (Å²) in [5.41, 5.74) is 2.55. The fraction of sp³-hybridized carbons (Fsp3) is 0.267. The fourth-order valence-electron chi connectivity index (χ4n) is 2.56. The minimum Gasteiger partial charge on any atom is -0.383 e. The number of rotatable bonds is 3. The highest BCUT2D eigenvalue weighted by atomic mass is 35.5. The van der Waals surface area contributed by atoms with Gasteiger partial charge in [0.1, 0.15) is 11.5 Å². The second kappa shape index (κ2) is 7.10. The topological polar surface area (TPSA) is 81.6 Å². The van der Waals surface area contributed by atoms with Gasteiger partial charge in [-0.05, 0) is 19.1 Å². The van der Waals surface area contributed by atoms with Gasteiger partial charge in [-0.15, -0.1) is 5.10 Å². The van der Waals surface area contributed by atoms with Crippen molar-refractivity contribution in [2.75, 3.05) is 17.6 Å². The van der Waals surface area contributed by atoms with Crippen LogP contribution in [0.5, 0.6) is 0 Å². The smallest absolute Gasteiger partial charge is 0.383 e. The largest absolute Gasteiger partial charge is 0.434 e. The summed E-state index contributed by atoms with van der Waals surface area (Å²) < 4.78 is 79.9. The molecule has 3 N–H and O–H groups in total. The molecule has 0 radical (unpaired) electrons. The molecule has 0 atom stereocenters. The number of fused-ring (bicyclic) bond motifs is 1. The first-order valence-electron chi connectivity index (χ1n) is 7.78. The Balaban J connectivity index is 2.31. The number of anilines is 2. The molecule has 3 aromatic rings. The lowest BCUT2D eigenvalue weighted by atomic mass is 10.2. The van der Waals surface area contributed by atoms with E-state index < -0.39 is 50.5 Å². The van der Waals surface area contributed by atoms with Crippen LogP contribution in [0.1, 0.15) is 18.2 Å². The van der Waals surface area contributed by atoms with Crippen molar-refractivity contribution in [1.29, 1.82) is 0 Å². The molecule has 2 aromatic heterocycles. The Morgan fingerprint density at radius 1 is 1.03 bits per heavy atom. The average molecular weight is 459 g/mol. The molecule has 0 amide bonds. The van der Waals surface area contributed by atoms with E-state index in [2.05, 4.69) is 20.4 Å². The molecule has 0 fully saturated rings. The van der Waals surface area contributed by atoms with Crippen molar-refractivity contribution in [2.24, 2.45) is 0 Å². The Kier molecular flexibility index (Phi) is 5.20. The van der Waals surface area contributed by atoms with Gasteiger partial charge in [0.05, 0.1) is 21.0 Å². The van der Waals surface area contributed by atoms with Crippen molar-refractivity contribution in [1.82, 2.24) is 19.7 Å². The molecule has 0 saturated heterocycles. The van der Waals surface area contributed by atoms with Gasteiger partial charge in [0.15, 0.2) is 11.3 Å². The highest BCUT2D eigenvalue weighted by molar-refractivity contribution is 6.38. The molecule has 0 aliphatic carbocycles. The molecule has 0 bridgehead atoms. The highest BCUT2D eigenvalue weighted by Gasteiger charge is 2.38. The number of nitrogens with two attached hydrogens (primary N) is 1. The number of hydrogen-bond donors (Lipinski definition) is 2. The molecular weight excluding hydrogens is 449 g/mol. The molecule has 0 aliphatic rings. The monoisotopic (exact) mass is 458 g/mol. The Morgan fingerprint density at radius 3 is 2.10 bits per heavy atom. The van der Waals surface area contributed by atoms with Gasteiger partial charge in [-0.25, -0.2) is 9.67 Å². The second-order valence-electron chi connectivity index (χ2n) is 5.71. The summed E-state index contributed by atoms with van der Waals surface area (Å²) in [4.78, 5) is 7.29. The first kappa shape index (κ1) is 21.2. The van der Waals surface area contributed by atoms with Crippen LogP contribution in [-0.2, 0) is 12.4 Å². The van der Waals surface area contributed by atoms with Crippen molar-refractivity contribution in [3.8, 4) is 5.69 Å². The van der Waals surface area contributed by atoms with E-state index in [9.17, 15) is 26.3 Å². The van der Waals surface area contributed by atoms with E-state index in [1.165, 1.54) is 0 Å². The minimum absolute atomic E-state index is 0.232. The molecule has 0 unspecified atom stereocenters. The maximum atomic E-state index is 13.5. The van der Waals surface area contributed by atoms with Gasteiger partial charge in [0, 0.05) is 6.54 Å². The predicted octanol–water partition coefficient (Wildman–Crippen LogP) is 5.17. The van der Waals surface area contributed by atoms with E-state index in [4.69, 9.17) is 28.9 Å². The molecule has 2 heterocycles. The fourth-order valence-corrected chi connectivity index (χ4v) is 3.20. The third-order valence-corrected chi connectivity index (χ3v) is 4.30. The van der Waals surface area contributed by atoms with Crippen LogP contribution < -0.4 is 11.1 Å². The van der Waals surface area contributed by atoms with Crippen LogP contribution >= 0.6 is 23.2 Å². The number of nitrogens with one attached hydrogen (secondary N) is 1. The lowest BCUT2D eigenvalue weighted by Gasteiger charge is -2.13. The molecule has 0 spiro atoms. The molecule has 3 rings (SSSR count). The van der Waals surface area contributed by atoms with Crippen molar-refractivity contribution in [2.45, 2.75) is 19.3 Å². The number of hydrogen-bond acceptors (Lipinski definition) is 5. The predicted molar refractivity (Wildman–Crippen MR) is 95.3 cm³/mol. The third kappa shape index (κ3) is 3.86. The summed E-state index contributed by atoms with van der Waals surface area (Å²) in [5, 5.41) is 4.74. The van der Waals surface area contributed by atoms with Crippen LogP contribution in [0.15, 0.2) is 12.1 Å². The van der Waals surface area contributed by atoms with E-state index in [0.29, 0.717) is 16.8 Å². The van der Waals surface area contributed by atoms with Crippen LogP contribution in [0.4, 0.5) is 38.1 Å². The summed E-state index contributed by atoms with van der Waals surface area (Å²) >= 11 is 11.8. The second-order valence-corrected chi connectivity index (χ2v) is 6.52. The van der Waals surface area contributed by atoms with Crippen molar-refractivity contribution in [3.63, 3.8) is 0 Å². The number of benzene rings is 1. The maximum absolute atomic E-state index is 13.5. The summed E-state index contributed by atoms with van der Waals surface area (Å²) in [7, 11) is 0. The minimum atomic E-state index is -4.90. The van der Waals surface area contributed by atoms with Crippen LogP contribution in [0.3, 0.4) is 0 Å². The van der Waals surface area contributed by atoms with Crippen molar-refractivity contribution in [3.05, 3.63) is 33.4 Å². The zero-order valence-corrected chi connectivity index (χ0v) is 15.8. The maximum Gasteiger partial charge on any atom is 0.434 e. The molecule has 1 aromatic carbocycles. The van der Waals surface area contributed by atoms with Gasteiger partial charge in [-0.2, -0.15) is 31.3 Å². The van der Waals surface area contributed by atoms with Gasteiger partial charge >= 0.3 is 12.4 Å². The molecule has 0 saturated carbocycles. The van der Waals surface area contributed by atoms with E-state index in [1.54, 1.807) is 6.92 Å². The average Bonchev–Trinajstić information content (AvgIpc) is 2.89. The van der Waals surface area contributed by atoms with Crippen molar-refractivity contribution >= 4 is 46.0 Å².